The lowest BCUT2D eigenvalue weighted by Crippen LogP contribution is -2.52. The van der Waals surface area contributed by atoms with Crippen molar-refractivity contribution in [3.63, 3.8) is 0 Å². The minimum Gasteiger partial charge on any atom is -0.340 e. The molecule has 1 aliphatic rings. The normalized spacial score (nSPS) is 18.9. The maximum absolute atomic E-state index is 13.1. The number of benzene rings is 1. The van der Waals surface area contributed by atoms with Crippen LogP contribution in [0.1, 0.15) is 39.5 Å². The number of carbonyl (C=O) groups excluding carboxylic acids is 1. The summed E-state index contributed by atoms with van der Waals surface area (Å²) < 4.78 is 39.9. The molecule has 1 atom stereocenters. The summed E-state index contributed by atoms with van der Waals surface area (Å²) in [6.07, 6.45) is 7.99. The molecular weight excluding hydrogens is 355 g/mol. The van der Waals surface area contributed by atoms with Crippen LogP contribution in [0, 0.1) is 24.1 Å². The van der Waals surface area contributed by atoms with E-state index in [0.29, 0.717) is 32.2 Å². The third kappa shape index (κ3) is 4.25. The number of hydrogen-bond acceptors (Lipinski definition) is 3. The van der Waals surface area contributed by atoms with Gasteiger partial charge >= 0.3 is 0 Å². The van der Waals surface area contributed by atoms with E-state index in [-0.39, 0.29) is 17.3 Å². The molecule has 1 N–H and O–H groups in total. The SMILES string of the molecule is C#CC(CC)(CC)NC(=O)C1CCCN(S(=O)(=O)c2ccc(F)cc2)C1. The Morgan fingerprint density at radius 2 is 1.96 bits per heavy atom. The van der Waals surface area contributed by atoms with Gasteiger partial charge < -0.3 is 5.32 Å². The van der Waals surface area contributed by atoms with Gasteiger partial charge in [-0.3, -0.25) is 4.79 Å². The molecule has 0 bridgehead atoms. The van der Waals surface area contributed by atoms with Crippen LogP contribution in [0.25, 0.3) is 0 Å². The van der Waals surface area contributed by atoms with Crippen molar-refractivity contribution in [1.29, 1.82) is 0 Å². The largest absolute Gasteiger partial charge is 0.340 e. The van der Waals surface area contributed by atoms with E-state index in [1.807, 2.05) is 13.8 Å². The molecule has 0 radical (unpaired) electrons. The number of carbonyl (C=O) groups is 1. The first-order valence-corrected chi connectivity index (χ1v) is 10.3. The van der Waals surface area contributed by atoms with Gasteiger partial charge in [0.05, 0.1) is 10.8 Å². The first-order valence-electron chi connectivity index (χ1n) is 8.83. The number of terminal acetylenes is 1. The summed E-state index contributed by atoms with van der Waals surface area (Å²) in [5, 5.41) is 2.92. The van der Waals surface area contributed by atoms with Crippen molar-refractivity contribution < 1.29 is 17.6 Å². The fraction of sp³-hybridized carbons (Fsp3) is 0.526. The number of sulfonamides is 1. The number of rotatable bonds is 6. The average molecular weight is 380 g/mol. The van der Waals surface area contributed by atoms with Gasteiger partial charge in [-0.25, -0.2) is 12.8 Å². The van der Waals surface area contributed by atoms with Crippen LogP contribution in [-0.2, 0) is 14.8 Å². The molecule has 142 valence electrons. The summed E-state index contributed by atoms with van der Waals surface area (Å²) in [6.45, 7) is 4.26. The maximum Gasteiger partial charge on any atom is 0.243 e. The molecule has 1 aromatic rings. The lowest BCUT2D eigenvalue weighted by molar-refractivity contribution is -0.127. The monoisotopic (exact) mass is 380 g/mol. The molecule has 0 aromatic heterocycles. The smallest absolute Gasteiger partial charge is 0.243 e. The third-order valence-electron chi connectivity index (χ3n) is 5.05. The molecule has 7 heteroatoms. The third-order valence-corrected chi connectivity index (χ3v) is 6.93. The van der Waals surface area contributed by atoms with E-state index in [0.717, 1.165) is 12.1 Å². The van der Waals surface area contributed by atoms with E-state index in [1.165, 1.54) is 16.4 Å². The summed E-state index contributed by atoms with van der Waals surface area (Å²) in [5.74, 6) is 1.49. The quantitative estimate of drug-likeness (QED) is 0.772. The molecule has 1 amide bonds. The summed E-state index contributed by atoms with van der Waals surface area (Å²) in [7, 11) is -3.76. The zero-order valence-electron chi connectivity index (χ0n) is 15.2. The topological polar surface area (TPSA) is 66.5 Å². The zero-order valence-corrected chi connectivity index (χ0v) is 16.0. The molecule has 0 spiro atoms. The number of amides is 1. The van der Waals surface area contributed by atoms with Crippen molar-refractivity contribution in [1.82, 2.24) is 9.62 Å². The molecule has 0 saturated carbocycles. The summed E-state index contributed by atoms with van der Waals surface area (Å²) in [5.41, 5.74) is -0.699. The highest BCUT2D eigenvalue weighted by molar-refractivity contribution is 7.89. The van der Waals surface area contributed by atoms with Gasteiger partial charge in [-0.05, 0) is 49.9 Å². The molecule has 1 aliphatic heterocycles. The molecule has 1 saturated heterocycles. The van der Waals surface area contributed by atoms with Gasteiger partial charge in [0.1, 0.15) is 11.4 Å². The minimum atomic E-state index is -3.76. The Bertz CT molecular complexity index is 780. The van der Waals surface area contributed by atoms with E-state index in [9.17, 15) is 17.6 Å². The number of halogens is 1. The number of piperidine rings is 1. The van der Waals surface area contributed by atoms with Crippen LogP contribution in [-0.4, -0.2) is 37.3 Å². The van der Waals surface area contributed by atoms with Crippen LogP contribution in [0.15, 0.2) is 29.2 Å². The summed E-state index contributed by atoms with van der Waals surface area (Å²) >= 11 is 0. The Hall–Kier alpha value is -1.91. The van der Waals surface area contributed by atoms with Gasteiger partial charge in [-0.1, -0.05) is 19.8 Å². The Morgan fingerprint density at radius 1 is 1.35 bits per heavy atom. The number of nitrogens with one attached hydrogen (secondary N) is 1. The van der Waals surface area contributed by atoms with E-state index in [1.54, 1.807) is 0 Å². The Kier molecular flexibility index (Phi) is 6.43. The fourth-order valence-electron chi connectivity index (χ4n) is 3.14. The van der Waals surface area contributed by atoms with Crippen molar-refractivity contribution in [2.24, 2.45) is 5.92 Å². The van der Waals surface area contributed by atoms with Crippen molar-refractivity contribution in [3.8, 4) is 12.3 Å². The zero-order chi connectivity index (χ0) is 19.4. The average Bonchev–Trinajstić information content (AvgIpc) is 2.66. The lowest BCUT2D eigenvalue weighted by Gasteiger charge is -2.34. The first kappa shape index (κ1) is 20.4. The van der Waals surface area contributed by atoms with Gasteiger partial charge in [-0.15, -0.1) is 6.42 Å². The van der Waals surface area contributed by atoms with Gasteiger partial charge in [-0.2, -0.15) is 4.31 Å². The predicted octanol–water partition coefficient (Wildman–Crippen LogP) is 2.53. The highest BCUT2D eigenvalue weighted by Gasteiger charge is 2.35. The van der Waals surface area contributed by atoms with Crippen molar-refractivity contribution in [2.45, 2.75) is 50.0 Å². The highest BCUT2D eigenvalue weighted by atomic mass is 32.2. The second kappa shape index (κ2) is 8.19. The number of nitrogens with zero attached hydrogens (tertiary/aromatic N) is 1. The first-order chi connectivity index (χ1) is 12.3. The highest BCUT2D eigenvalue weighted by Crippen LogP contribution is 2.25. The second-order valence-electron chi connectivity index (χ2n) is 6.58. The molecule has 1 unspecified atom stereocenters. The van der Waals surface area contributed by atoms with E-state index >= 15 is 0 Å². The minimum absolute atomic E-state index is 0.0278. The van der Waals surface area contributed by atoms with Crippen molar-refractivity contribution in [2.75, 3.05) is 13.1 Å². The summed E-state index contributed by atoms with van der Waals surface area (Å²) in [6, 6.07) is 4.72. The molecule has 5 nitrogen and oxygen atoms in total. The lowest BCUT2D eigenvalue weighted by atomic mass is 9.91. The molecular formula is C19H25FN2O3S. The van der Waals surface area contributed by atoms with Gasteiger partial charge in [0.25, 0.3) is 0 Å². The van der Waals surface area contributed by atoms with Gasteiger partial charge in [0.2, 0.25) is 15.9 Å². The molecule has 1 fully saturated rings. The number of hydrogen-bond donors (Lipinski definition) is 1. The summed E-state index contributed by atoms with van der Waals surface area (Å²) in [4.78, 5) is 12.7. The molecule has 26 heavy (non-hydrogen) atoms. The standard InChI is InChI=1S/C19H25FN2O3S/c1-4-19(5-2,6-3)21-18(23)15-8-7-13-22(14-15)26(24,25)17-11-9-16(20)10-12-17/h1,9-12,15H,5-8,13-14H2,2-3H3,(H,21,23). The predicted molar refractivity (Wildman–Crippen MR) is 98.2 cm³/mol. The van der Waals surface area contributed by atoms with Crippen LogP contribution >= 0.6 is 0 Å². The van der Waals surface area contributed by atoms with E-state index in [4.69, 9.17) is 6.42 Å². The van der Waals surface area contributed by atoms with Gasteiger partial charge in [0.15, 0.2) is 0 Å². The van der Waals surface area contributed by atoms with Gasteiger partial charge in [0, 0.05) is 13.1 Å². The van der Waals surface area contributed by atoms with Crippen LogP contribution in [0.3, 0.4) is 0 Å². The van der Waals surface area contributed by atoms with Crippen molar-refractivity contribution >= 4 is 15.9 Å². The Balaban J connectivity index is 2.15. The van der Waals surface area contributed by atoms with Crippen LogP contribution in [0.4, 0.5) is 4.39 Å². The van der Waals surface area contributed by atoms with Crippen molar-refractivity contribution in [3.05, 3.63) is 30.1 Å². The second-order valence-corrected chi connectivity index (χ2v) is 8.52. The Labute approximate surface area is 155 Å². The molecule has 1 aromatic carbocycles. The van der Waals surface area contributed by atoms with Crippen LogP contribution in [0.2, 0.25) is 0 Å². The molecule has 2 rings (SSSR count). The van der Waals surface area contributed by atoms with Crippen LogP contribution < -0.4 is 5.32 Å². The molecule has 1 heterocycles. The van der Waals surface area contributed by atoms with Crippen LogP contribution in [0.5, 0.6) is 0 Å². The Morgan fingerprint density at radius 3 is 2.50 bits per heavy atom. The van der Waals surface area contributed by atoms with E-state index < -0.39 is 27.3 Å². The van der Waals surface area contributed by atoms with E-state index in [2.05, 4.69) is 11.2 Å². The molecule has 0 aliphatic carbocycles. The fourth-order valence-corrected chi connectivity index (χ4v) is 4.66. The maximum atomic E-state index is 13.1.